The Balaban J connectivity index is 0.849. The number of aromatic nitrogens is 1. The summed E-state index contributed by atoms with van der Waals surface area (Å²) in [6.07, 6.45) is 6.52. The third-order valence-corrected chi connectivity index (χ3v) is 13.5. The number of furan rings is 1. The van der Waals surface area contributed by atoms with Crippen molar-refractivity contribution in [2.75, 3.05) is 0 Å². The number of hydrogen-bond donors (Lipinski definition) is 0. The first kappa shape index (κ1) is 32.2. The molecule has 1 fully saturated rings. The Labute approximate surface area is 336 Å². The normalized spacial score (nSPS) is 22.6. The molecule has 1 saturated carbocycles. The molecule has 0 saturated heterocycles. The van der Waals surface area contributed by atoms with Crippen LogP contribution in [0.1, 0.15) is 64.3 Å². The number of benzene rings is 7. The van der Waals surface area contributed by atoms with E-state index >= 15 is 0 Å². The SMILES string of the molecule is C1=CC2C3c4ccc(-c5ccc6c(c5)c5ccccc5n6-c5ccccc5)cc4OC23c2oc3cc(C4CC(c5ccccc5)CC(c5ccccc5)=N4)ccc3c21. The van der Waals surface area contributed by atoms with E-state index in [1.54, 1.807) is 0 Å². The van der Waals surface area contributed by atoms with Crippen molar-refractivity contribution in [3.05, 3.63) is 210 Å². The van der Waals surface area contributed by atoms with E-state index < -0.39 is 5.60 Å². The van der Waals surface area contributed by atoms with Gasteiger partial charge in [0.1, 0.15) is 11.3 Å². The van der Waals surface area contributed by atoms with Crippen molar-refractivity contribution < 1.29 is 9.15 Å². The lowest BCUT2D eigenvalue weighted by Crippen LogP contribution is -2.19. The molecule has 0 N–H and O–H groups in total. The molecule has 2 aliphatic carbocycles. The zero-order valence-corrected chi connectivity index (χ0v) is 31.8. The van der Waals surface area contributed by atoms with E-state index in [0.29, 0.717) is 5.92 Å². The molecular formula is C54H38N2O2. The zero-order valence-electron chi connectivity index (χ0n) is 31.8. The molecule has 0 amide bonds. The maximum atomic E-state index is 7.11. The van der Waals surface area contributed by atoms with E-state index in [4.69, 9.17) is 14.1 Å². The van der Waals surface area contributed by atoms with Crippen molar-refractivity contribution in [2.45, 2.75) is 36.3 Å². The summed E-state index contributed by atoms with van der Waals surface area (Å²) in [7, 11) is 0. The van der Waals surface area contributed by atoms with Crippen molar-refractivity contribution in [1.82, 2.24) is 4.57 Å². The first-order chi connectivity index (χ1) is 28.7. The van der Waals surface area contributed by atoms with E-state index in [2.05, 4.69) is 187 Å². The maximum Gasteiger partial charge on any atom is 0.181 e. The van der Waals surface area contributed by atoms with Gasteiger partial charge in [-0.3, -0.25) is 4.99 Å². The molecule has 1 spiro atoms. The third kappa shape index (κ3) is 4.60. The molecule has 4 heterocycles. The minimum absolute atomic E-state index is 0.0373. The molecule has 276 valence electrons. The Kier molecular flexibility index (Phi) is 6.69. The van der Waals surface area contributed by atoms with Gasteiger partial charge in [-0.1, -0.05) is 140 Å². The minimum Gasteiger partial charge on any atom is -0.478 e. The van der Waals surface area contributed by atoms with Gasteiger partial charge in [0.2, 0.25) is 0 Å². The molecule has 4 heteroatoms. The predicted molar refractivity (Wildman–Crippen MR) is 234 cm³/mol. The molecule has 9 aromatic rings. The van der Waals surface area contributed by atoms with E-state index in [1.165, 1.54) is 61.0 Å². The lowest BCUT2D eigenvalue weighted by atomic mass is 9.81. The first-order valence-electron chi connectivity index (χ1n) is 20.6. The summed E-state index contributed by atoms with van der Waals surface area (Å²) in [6.45, 7) is 0. The van der Waals surface area contributed by atoms with E-state index in [-0.39, 0.29) is 17.9 Å². The lowest BCUT2D eigenvalue weighted by molar-refractivity contribution is 0.152. The molecule has 5 atom stereocenters. The standard InChI is InChI=1S/C54H38N2O2/c1-4-12-33(13-5-1)38-29-46(34-14-6-2-7-15-34)55-47(30-38)37-21-23-41-42-25-26-45-52-43-24-20-36(31-51(43)58-54(45,52)53(42)57-50(41)32-37)35-22-27-49-44(28-35)40-18-10-11-19-48(40)56(49)39-16-8-3-9-17-39/h1-28,31-32,38,45,47,52H,29-30H2. The lowest BCUT2D eigenvalue weighted by Gasteiger charge is -2.29. The molecule has 2 aromatic heterocycles. The molecule has 4 nitrogen and oxygen atoms in total. The second-order valence-corrected chi connectivity index (χ2v) is 16.5. The summed E-state index contributed by atoms with van der Waals surface area (Å²) in [6, 6.07) is 61.4. The zero-order chi connectivity index (χ0) is 38.0. The third-order valence-electron chi connectivity index (χ3n) is 13.5. The number of rotatable bonds is 5. The highest BCUT2D eigenvalue weighted by molar-refractivity contribution is 6.10. The monoisotopic (exact) mass is 746 g/mol. The number of nitrogens with zero attached hydrogens (tertiary/aromatic N) is 2. The van der Waals surface area contributed by atoms with Crippen molar-refractivity contribution in [3.8, 4) is 22.6 Å². The van der Waals surface area contributed by atoms with Gasteiger partial charge < -0.3 is 13.7 Å². The molecule has 5 unspecified atom stereocenters. The van der Waals surface area contributed by atoms with Gasteiger partial charge in [0.25, 0.3) is 0 Å². The van der Waals surface area contributed by atoms with Gasteiger partial charge in [0, 0.05) is 50.5 Å². The summed E-state index contributed by atoms with van der Waals surface area (Å²) < 4.78 is 16.4. The van der Waals surface area contributed by atoms with Crippen LogP contribution >= 0.6 is 0 Å². The van der Waals surface area contributed by atoms with Crippen LogP contribution in [0.5, 0.6) is 5.75 Å². The molecule has 4 aliphatic rings. The number of hydrogen-bond acceptors (Lipinski definition) is 3. The van der Waals surface area contributed by atoms with Gasteiger partial charge >= 0.3 is 0 Å². The Morgan fingerprint density at radius 2 is 1.34 bits per heavy atom. The van der Waals surface area contributed by atoms with Crippen molar-refractivity contribution in [3.63, 3.8) is 0 Å². The average molecular weight is 747 g/mol. The van der Waals surface area contributed by atoms with Gasteiger partial charge in [-0.2, -0.15) is 0 Å². The topological polar surface area (TPSA) is 39.7 Å². The summed E-state index contributed by atoms with van der Waals surface area (Å²) in [4.78, 5) is 5.40. The summed E-state index contributed by atoms with van der Waals surface area (Å²) in [5.41, 5.74) is 13.7. The molecular weight excluding hydrogens is 709 g/mol. The van der Waals surface area contributed by atoms with Crippen LogP contribution in [0.3, 0.4) is 0 Å². The fourth-order valence-corrected chi connectivity index (χ4v) is 10.7. The Hall–Kier alpha value is -6.91. The van der Waals surface area contributed by atoms with Crippen LogP contribution in [-0.4, -0.2) is 10.3 Å². The Bertz CT molecular complexity index is 3170. The molecule has 2 aliphatic heterocycles. The van der Waals surface area contributed by atoms with Crippen LogP contribution in [0, 0.1) is 5.92 Å². The van der Waals surface area contributed by atoms with Gasteiger partial charge in [-0.05, 0) is 89.0 Å². The van der Waals surface area contributed by atoms with E-state index in [1.807, 2.05) is 0 Å². The van der Waals surface area contributed by atoms with Crippen LogP contribution in [0.2, 0.25) is 0 Å². The average Bonchev–Trinajstić information content (AvgIpc) is 3.51. The van der Waals surface area contributed by atoms with Gasteiger partial charge in [0.05, 0.1) is 17.1 Å². The summed E-state index contributed by atoms with van der Waals surface area (Å²) >= 11 is 0. The first-order valence-corrected chi connectivity index (χ1v) is 20.6. The van der Waals surface area contributed by atoms with E-state index in [0.717, 1.165) is 46.4 Å². The Morgan fingerprint density at radius 3 is 2.21 bits per heavy atom. The number of fused-ring (bicyclic) bond motifs is 9. The second kappa shape index (κ2) is 12.0. The molecule has 7 aromatic carbocycles. The summed E-state index contributed by atoms with van der Waals surface area (Å²) in [5.74, 6) is 2.82. The van der Waals surface area contributed by atoms with Gasteiger partial charge in [-0.25, -0.2) is 0 Å². The summed E-state index contributed by atoms with van der Waals surface area (Å²) in [5, 5.41) is 3.63. The van der Waals surface area contributed by atoms with Gasteiger partial charge in [0.15, 0.2) is 11.4 Å². The second-order valence-electron chi connectivity index (χ2n) is 16.5. The molecule has 0 radical (unpaired) electrons. The van der Waals surface area contributed by atoms with Crippen LogP contribution < -0.4 is 4.74 Å². The molecule has 13 rings (SSSR count). The maximum absolute atomic E-state index is 7.11. The Morgan fingerprint density at radius 1 is 0.603 bits per heavy atom. The highest BCUT2D eigenvalue weighted by atomic mass is 16.5. The highest BCUT2D eigenvalue weighted by Gasteiger charge is 2.75. The number of ether oxygens (including phenoxy) is 1. The quantitative estimate of drug-likeness (QED) is 0.176. The number of para-hydroxylation sites is 2. The van der Waals surface area contributed by atoms with Crippen LogP contribution in [0.25, 0.3) is 55.7 Å². The van der Waals surface area contributed by atoms with Crippen molar-refractivity contribution >= 4 is 44.6 Å². The highest BCUT2D eigenvalue weighted by Crippen LogP contribution is 2.75. The van der Waals surface area contributed by atoms with Gasteiger partial charge in [-0.15, -0.1) is 0 Å². The van der Waals surface area contributed by atoms with E-state index in [9.17, 15) is 0 Å². The molecule has 58 heavy (non-hydrogen) atoms. The molecule has 0 bridgehead atoms. The van der Waals surface area contributed by atoms with Crippen LogP contribution in [0.15, 0.2) is 185 Å². The fraction of sp³-hybridized carbons (Fsp3) is 0.130. The predicted octanol–water partition coefficient (Wildman–Crippen LogP) is 13.3. The van der Waals surface area contributed by atoms with Crippen LogP contribution in [-0.2, 0) is 5.60 Å². The fourth-order valence-electron chi connectivity index (χ4n) is 10.7. The number of aliphatic imine (C=N–C) groups is 1. The van der Waals surface area contributed by atoms with Crippen molar-refractivity contribution in [2.24, 2.45) is 10.9 Å². The largest absolute Gasteiger partial charge is 0.478 e. The smallest absolute Gasteiger partial charge is 0.181 e. The minimum atomic E-state index is -0.501. The van der Waals surface area contributed by atoms with Crippen LogP contribution in [0.4, 0.5) is 0 Å². The van der Waals surface area contributed by atoms with Crippen molar-refractivity contribution in [1.29, 1.82) is 0 Å².